The van der Waals surface area contributed by atoms with Gasteiger partial charge < -0.3 is 5.32 Å². The SMILES string of the molecule is N#Cc1ccc(N2CCNCCS2(=O)=O)cc1. The molecule has 90 valence electrons. The number of hydrogen-bond donors (Lipinski definition) is 1. The highest BCUT2D eigenvalue weighted by Crippen LogP contribution is 2.19. The molecule has 0 bridgehead atoms. The molecule has 0 saturated carbocycles. The molecule has 1 saturated heterocycles. The Hall–Kier alpha value is -1.58. The van der Waals surface area contributed by atoms with E-state index in [4.69, 9.17) is 5.26 Å². The number of anilines is 1. The first-order valence-electron chi connectivity index (χ1n) is 5.35. The van der Waals surface area contributed by atoms with Gasteiger partial charge in [0.2, 0.25) is 10.0 Å². The summed E-state index contributed by atoms with van der Waals surface area (Å²) >= 11 is 0. The van der Waals surface area contributed by atoms with Gasteiger partial charge in [-0.25, -0.2) is 8.42 Å². The van der Waals surface area contributed by atoms with Crippen LogP contribution in [0.2, 0.25) is 0 Å². The molecule has 0 unspecified atom stereocenters. The molecule has 0 radical (unpaired) electrons. The van der Waals surface area contributed by atoms with E-state index in [2.05, 4.69) is 5.32 Å². The van der Waals surface area contributed by atoms with Crippen LogP contribution < -0.4 is 9.62 Å². The first-order valence-corrected chi connectivity index (χ1v) is 6.96. The van der Waals surface area contributed by atoms with Gasteiger partial charge in [0.1, 0.15) is 0 Å². The molecule has 1 aromatic carbocycles. The van der Waals surface area contributed by atoms with Crippen molar-refractivity contribution in [3.63, 3.8) is 0 Å². The molecule has 1 aromatic rings. The van der Waals surface area contributed by atoms with Gasteiger partial charge in [0.05, 0.1) is 23.1 Å². The summed E-state index contributed by atoms with van der Waals surface area (Å²) in [6.45, 7) is 1.54. The summed E-state index contributed by atoms with van der Waals surface area (Å²) in [5.74, 6) is 0.104. The summed E-state index contributed by atoms with van der Waals surface area (Å²) < 4.78 is 25.4. The molecule has 2 rings (SSSR count). The number of nitrogens with zero attached hydrogens (tertiary/aromatic N) is 2. The number of nitrogens with one attached hydrogen (secondary N) is 1. The lowest BCUT2D eigenvalue weighted by molar-refractivity contribution is 0.594. The van der Waals surface area contributed by atoms with Gasteiger partial charge in [0, 0.05) is 19.6 Å². The smallest absolute Gasteiger partial charge is 0.236 e. The molecule has 0 amide bonds. The molecule has 6 heteroatoms. The number of sulfonamides is 1. The van der Waals surface area contributed by atoms with Crippen LogP contribution in [0.3, 0.4) is 0 Å². The summed E-state index contributed by atoms with van der Waals surface area (Å²) in [6, 6.07) is 8.60. The monoisotopic (exact) mass is 251 g/mol. The molecule has 17 heavy (non-hydrogen) atoms. The Kier molecular flexibility index (Phi) is 3.31. The van der Waals surface area contributed by atoms with E-state index in [1.165, 1.54) is 4.31 Å². The maximum Gasteiger partial charge on any atom is 0.236 e. The van der Waals surface area contributed by atoms with Crippen LogP contribution >= 0.6 is 0 Å². The van der Waals surface area contributed by atoms with Gasteiger partial charge in [-0.05, 0) is 24.3 Å². The van der Waals surface area contributed by atoms with Crippen LogP contribution in [-0.2, 0) is 10.0 Å². The third-order valence-electron chi connectivity index (χ3n) is 2.65. The fourth-order valence-corrected chi connectivity index (χ4v) is 3.18. The zero-order valence-corrected chi connectivity index (χ0v) is 10.1. The summed E-state index contributed by atoms with van der Waals surface area (Å²) in [6.07, 6.45) is 0. The quantitative estimate of drug-likeness (QED) is 0.779. The summed E-state index contributed by atoms with van der Waals surface area (Å²) in [7, 11) is -3.24. The lowest BCUT2D eigenvalue weighted by Crippen LogP contribution is -2.33. The predicted molar refractivity (Wildman–Crippen MR) is 65.2 cm³/mol. The van der Waals surface area contributed by atoms with Crippen LogP contribution in [0.1, 0.15) is 5.56 Å². The molecular weight excluding hydrogens is 238 g/mol. The second-order valence-electron chi connectivity index (χ2n) is 3.80. The molecule has 1 fully saturated rings. The Bertz CT molecular complexity index is 531. The molecule has 1 aliphatic heterocycles. The molecule has 0 atom stereocenters. The standard InChI is InChI=1S/C11H13N3O2S/c12-9-10-1-3-11(4-2-10)14-7-5-13-6-8-17(14,15)16/h1-4,13H,5-8H2. The van der Waals surface area contributed by atoms with Crippen molar-refractivity contribution in [1.82, 2.24) is 5.32 Å². The Balaban J connectivity index is 2.33. The van der Waals surface area contributed by atoms with Crippen molar-refractivity contribution in [3.05, 3.63) is 29.8 Å². The van der Waals surface area contributed by atoms with Gasteiger partial charge >= 0.3 is 0 Å². The van der Waals surface area contributed by atoms with Gasteiger partial charge in [-0.3, -0.25) is 4.31 Å². The lowest BCUT2D eigenvalue weighted by atomic mass is 10.2. The van der Waals surface area contributed by atoms with E-state index in [9.17, 15) is 8.42 Å². The van der Waals surface area contributed by atoms with E-state index in [1.54, 1.807) is 24.3 Å². The maximum absolute atomic E-state index is 12.0. The van der Waals surface area contributed by atoms with E-state index in [1.807, 2.05) is 6.07 Å². The molecule has 0 spiro atoms. The van der Waals surface area contributed by atoms with E-state index in [0.29, 0.717) is 30.9 Å². The van der Waals surface area contributed by atoms with Crippen molar-refractivity contribution in [1.29, 1.82) is 5.26 Å². The van der Waals surface area contributed by atoms with Gasteiger partial charge in [-0.2, -0.15) is 5.26 Å². The van der Waals surface area contributed by atoms with E-state index in [-0.39, 0.29) is 5.75 Å². The fraction of sp³-hybridized carbons (Fsp3) is 0.364. The topological polar surface area (TPSA) is 73.2 Å². The molecule has 1 aliphatic rings. The molecule has 1 heterocycles. The van der Waals surface area contributed by atoms with Crippen LogP contribution in [0.25, 0.3) is 0 Å². The first kappa shape index (κ1) is 11.9. The van der Waals surface area contributed by atoms with Gasteiger partial charge in [-0.15, -0.1) is 0 Å². The van der Waals surface area contributed by atoms with Crippen molar-refractivity contribution in [2.75, 3.05) is 29.7 Å². The van der Waals surface area contributed by atoms with Crippen molar-refractivity contribution < 1.29 is 8.42 Å². The normalized spacial score (nSPS) is 19.4. The van der Waals surface area contributed by atoms with Crippen LogP contribution in [0, 0.1) is 11.3 Å². The van der Waals surface area contributed by atoms with Crippen molar-refractivity contribution in [3.8, 4) is 6.07 Å². The Morgan fingerprint density at radius 3 is 2.59 bits per heavy atom. The summed E-state index contributed by atoms with van der Waals surface area (Å²) in [5, 5.41) is 11.7. The number of rotatable bonds is 1. The molecule has 0 aromatic heterocycles. The number of benzene rings is 1. The third-order valence-corrected chi connectivity index (χ3v) is 4.43. The van der Waals surface area contributed by atoms with Crippen LogP contribution in [0.5, 0.6) is 0 Å². The van der Waals surface area contributed by atoms with Gasteiger partial charge in [0.25, 0.3) is 0 Å². The zero-order chi connectivity index (χ0) is 12.3. The van der Waals surface area contributed by atoms with Crippen LogP contribution in [0.4, 0.5) is 5.69 Å². The summed E-state index contributed by atoms with van der Waals surface area (Å²) in [4.78, 5) is 0. The first-order chi connectivity index (χ1) is 8.13. The minimum absolute atomic E-state index is 0.104. The molecule has 5 nitrogen and oxygen atoms in total. The average molecular weight is 251 g/mol. The van der Waals surface area contributed by atoms with E-state index in [0.717, 1.165) is 0 Å². The highest BCUT2D eigenvalue weighted by Gasteiger charge is 2.24. The largest absolute Gasteiger partial charge is 0.314 e. The zero-order valence-electron chi connectivity index (χ0n) is 9.26. The lowest BCUT2D eigenvalue weighted by Gasteiger charge is -2.21. The maximum atomic E-state index is 12.0. The second-order valence-corrected chi connectivity index (χ2v) is 5.81. The Labute approximate surface area is 101 Å². The molecule has 1 N–H and O–H groups in total. The minimum Gasteiger partial charge on any atom is -0.314 e. The highest BCUT2D eigenvalue weighted by molar-refractivity contribution is 7.92. The third kappa shape index (κ3) is 2.57. The van der Waals surface area contributed by atoms with Crippen LogP contribution in [0.15, 0.2) is 24.3 Å². The van der Waals surface area contributed by atoms with Gasteiger partial charge in [-0.1, -0.05) is 0 Å². The number of hydrogen-bond acceptors (Lipinski definition) is 4. The van der Waals surface area contributed by atoms with Crippen molar-refractivity contribution in [2.45, 2.75) is 0 Å². The fourth-order valence-electron chi connectivity index (χ4n) is 1.75. The van der Waals surface area contributed by atoms with Gasteiger partial charge in [0.15, 0.2) is 0 Å². The Morgan fingerprint density at radius 1 is 1.24 bits per heavy atom. The number of nitriles is 1. The highest BCUT2D eigenvalue weighted by atomic mass is 32.2. The summed E-state index contributed by atoms with van der Waals surface area (Å²) in [5.41, 5.74) is 1.15. The second kappa shape index (κ2) is 4.73. The molecule has 0 aliphatic carbocycles. The van der Waals surface area contributed by atoms with Crippen molar-refractivity contribution in [2.24, 2.45) is 0 Å². The minimum atomic E-state index is -3.24. The molecular formula is C11H13N3O2S. The van der Waals surface area contributed by atoms with E-state index >= 15 is 0 Å². The average Bonchev–Trinajstić information content (AvgIpc) is 2.50. The van der Waals surface area contributed by atoms with Crippen molar-refractivity contribution >= 4 is 15.7 Å². The van der Waals surface area contributed by atoms with Crippen LogP contribution in [-0.4, -0.2) is 33.8 Å². The predicted octanol–water partition coefficient (Wildman–Crippen LogP) is 0.298. The Morgan fingerprint density at radius 2 is 1.94 bits per heavy atom. The van der Waals surface area contributed by atoms with E-state index < -0.39 is 10.0 Å².